The van der Waals surface area contributed by atoms with E-state index in [1.807, 2.05) is 6.92 Å². The van der Waals surface area contributed by atoms with Gasteiger partial charge < -0.3 is 31.9 Å². The van der Waals surface area contributed by atoms with E-state index in [0.29, 0.717) is 27.6 Å². The van der Waals surface area contributed by atoms with E-state index < -0.39 is 35.5 Å². The van der Waals surface area contributed by atoms with Gasteiger partial charge in [-0.2, -0.15) is 0 Å². The molecule has 2 aromatic carbocycles. The lowest BCUT2D eigenvalue weighted by molar-refractivity contribution is 0.0435. The number of hydrogen-bond acceptors (Lipinski definition) is 11. The molecular weight excluding hydrogens is 559 g/mol. The maximum Gasteiger partial charge on any atom is 0.520 e. The predicted molar refractivity (Wildman–Crippen MR) is 145 cm³/mol. The van der Waals surface area contributed by atoms with Crippen LogP contribution in [0.25, 0.3) is 22.0 Å². The number of carbonyl (C=O) groups excluding carboxylic acids is 1. The van der Waals surface area contributed by atoms with Crippen LogP contribution in [0.3, 0.4) is 0 Å². The molecular formula is C28H21FN2O9S. The van der Waals surface area contributed by atoms with Crippen molar-refractivity contribution in [1.29, 1.82) is 0 Å². The first-order chi connectivity index (χ1) is 19.5. The first-order valence-corrected chi connectivity index (χ1v) is 13.2. The Morgan fingerprint density at radius 2 is 1.71 bits per heavy atom. The minimum atomic E-state index is -0.929. The molecule has 1 atom stereocenters. The van der Waals surface area contributed by atoms with Gasteiger partial charge in [-0.25, -0.2) is 18.8 Å². The van der Waals surface area contributed by atoms with Crippen molar-refractivity contribution < 1.29 is 31.6 Å². The van der Waals surface area contributed by atoms with Crippen LogP contribution in [0.4, 0.5) is 16.0 Å². The van der Waals surface area contributed by atoms with Crippen LogP contribution in [-0.4, -0.2) is 17.6 Å². The molecule has 1 aliphatic rings. The molecule has 1 aliphatic heterocycles. The molecule has 3 aromatic heterocycles. The summed E-state index contributed by atoms with van der Waals surface area (Å²) in [6.07, 6.45) is 0. The molecule has 0 saturated carbocycles. The first-order valence-electron chi connectivity index (χ1n) is 12.3. The number of benzene rings is 2. The third-order valence-electron chi connectivity index (χ3n) is 6.86. The number of ether oxygens (including phenoxy) is 1. The molecule has 11 nitrogen and oxygen atoms in total. The van der Waals surface area contributed by atoms with Gasteiger partial charge in [0.2, 0.25) is 11.3 Å². The van der Waals surface area contributed by atoms with Crippen LogP contribution >= 0.6 is 11.8 Å². The van der Waals surface area contributed by atoms with Crippen molar-refractivity contribution in [2.45, 2.75) is 37.8 Å². The average Bonchev–Trinajstić information content (AvgIpc) is 3.44. The number of nitrogens with zero attached hydrogens (tertiary/aromatic N) is 2. The second-order valence-corrected chi connectivity index (χ2v) is 10.7. The van der Waals surface area contributed by atoms with E-state index in [-0.39, 0.29) is 39.3 Å². The zero-order valence-electron chi connectivity index (χ0n) is 22.1. The lowest BCUT2D eigenvalue weighted by atomic mass is 10.0. The molecule has 41 heavy (non-hydrogen) atoms. The van der Waals surface area contributed by atoms with Crippen LogP contribution in [0, 0.1) is 19.7 Å². The second kappa shape index (κ2) is 9.70. The van der Waals surface area contributed by atoms with Crippen molar-refractivity contribution in [2.75, 3.05) is 11.9 Å². The van der Waals surface area contributed by atoms with Crippen LogP contribution in [0.1, 0.15) is 39.9 Å². The van der Waals surface area contributed by atoms with Gasteiger partial charge in [-0.15, -0.1) is 0 Å². The van der Waals surface area contributed by atoms with Crippen LogP contribution in [0.5, 0.6) is 0 Å². The fourth-order valence-corrected chi connectivity index (χ4v) is 5.93. The van der Waals surface area contributed by atoms with Gasteiger partial charge in [-0.05, 0) is 50.6 Å². The maximum absolute atomic E-state index is 15.5. The Labute approximate surface area is 233 Å². The summed E-state index contributed by atoms with van der Waals surface area (Å²) in [6, 6.07) is 9.59. The number of carbonyl (C=O) groups is 1. The van der Waals surface area contributed by atoms with E-state index in [2.05, 4.69) is 0 Å². The molecule has 5 aromatic rings. The molecule has 0 spiro atoms. The molecule has 0 saturated heterocycles. The molecule has 4 heterocycles. The Balaban J connectivity index is 1.36. The number of thioether (sulfide) groups is 1. The Morgan fingerprint density at radius 1 is 1.02 bits per heavy atom. The van der Waals surface area contributed by atoms with E-state index in [0.717, 1.165) is 6.07 Å². The van der Waals surface area contributed by atoms with E-state index in [4.69, 9.17) is 22.4 Å². The number of aromatic nitrogens is 1. The molecule has 6 rings (SSSR count). The SMILES string of the molecule is Cc1oc(=O)oc1COC(=O)c1c2n(c3cc(-c4ccc(N(C)c5oc(=O)oc5C)cc4)c(F)cc3c1=O)C(C)S2. The van der Waals surface area contributed by atoms with Gasteiger partial charge in [0.15, 0.2) is 23.9 Å². The highest BCUT2D eigenvalue weighted by Gasteiger charge is 2.34. The van der Waals surface area contributed by atoms with Gasteiger partial charge >= 0.3 is 17.6 Å². The molecule has 0 radical (unpaired) electrons. The maximum atomic E-state index is 15.5. The fourth-order valence-electron chi connectivity index (χ4n) is 4.78. The van der Waals surface area contributed by atoms with Crippen LogP contribution in [0.15, 0.2) is 73.5 Å². The molecule has 210 valence electrons. The topological polar surface area (TPSA) is 138 Å². The molecule has 0 aliphatic carbocycles. The van der Waals surface area contributed by atoms with Crippen molar-refractivity contribution in [3.05, 3.63) is 96.5 Å². The fraction of sp³-hybridized carbons (Fsp3) is 0.214. The Kier molecular flexibility index (Phi) is 6.25. The summed E-state index contributed by atoms with van der Waals surface area (Å²) in [6.45, 7) is 4.58. The number of rotatable bonds is 6. The first kappa shape index (κ1) is 26.4. The molecule has 13 heteroatoms. The molecule has 1 unspecified atom stereocenters. The Bertz CT molecular complexity index is 2030. The summed E-state index contributed by atoms with van der Waals surface area (Å²) < 4.78 is 42.1. The van der Waals surface area contributed by atoms with E-state index in [1.54, 1.807) is 53.8 Å². The lowest BCUT2D eigenvalue weighted by Crippen LogP contribution is -2.29. The number of fused-ring (bicyclic) bond motifs is 3. The number of anilines is 2. The van der Waals surface area contributed by atoms with Crippen molar-refractivity contribution in [1.82, 2.24) is 4.57 Å². The standard InChI is InChI=1S/C28H21FN2O9S/c1-12-21(39-27(34)37-12)11-36-26(33)22-23(32)18-9-19(29)17(10-20(18)31-14(3)41-25(22)31)15-5-7-16(8-6-15)30(4)24-13(2)38-28(35)40-24/h5-10,14H,11H2,1-4H3. The van der Waals surface area contributed by atoms with Crippen molar-refractivity contribution in [3.8, 4) is 11.1 Å². The summed E-state index contributed by atoms with van der Waals surface area (Å²) in [7, 11) is 1.70. The van der Waals surface area contributed by atoms with E-state index in [1.165, 1.54) is 18.7 Å². The zero-order valence-corrected chi connectivity index (χ0v) is 22.9. The van der Waals surface area contributed by atoms with Gasteiger partial charge in [0.05, 0.1) is 15.9 Å². The summed E-state index contributed by atoms with van der Waals surface area (Å²) in [5.74, 6) is -2.54. The van der Waals surface area contributed by atoms with E-state index >= 15 is 4.39 Å². The number of pyridine rings is 1. The second-order valence-electron chi connectivity index (χ2n) is 9.38. The minimum Gasteiger partial charge on any atom is -0.454 e. The Hall–Kier alpha value is -4.78. The molecule has 0 fully saturated rings. The third kappa shape index (κ3) is 4.38. The van der Waals surface area contributed by atoms with Crippen molar-refractivity contribution in [2.24, 2.45) is 0 Å². The normalized spacial score (nSPS) is 14.1. The molecule has 0 amide bonds. The van der Waals surface area contributed by atoms with Crippen LogP contribution in [0.2, 0.25) is 0 Å². The number of aryl methyl sites for hydroxylation is 2. The van der Waals surface area contributed by atoms with Gasteiger partial charge in [0.25, 0.3) is 0 Å². The van der Waals surface area contributed by atoms with Crippen molar-refractivity contribution >= 4 is 40.2 Å². The van der Waals surface area contributed by atoms with Gasteiger partial charge in [0, 0.05) is 23.7 Å². The monoisotopic (exact) mass is 580 g/mol. The van der Waals surface area contributed by atoms with Crippen LogP contribution in [-0.2, 0) is 11.3 Å². The van der Waals surface area contributed by atoms with Gasteiger partial charge in [-0.3, -0.25) is 4.79 Å². The largest absolute Gasteiger partial charge is 0.520 e. The highest BCUT2D eigenvalue weighted by atomic mass is 32.2. The highest BCUT2D eigenvalue weighted by molar-refractivity contribution is 8.00. The highest BCUT2D eigenvalue weighted by Crippen LogP contribution is 2.47. The summed E-state index contributed by atoms with van der Waals surface area (Å²) >= 11 is 1.31. The Morgan fingerprint density at radius 3 is 2.32 bits per heavy atom. The summed E-state index contributed by atoms with van der Waals surface area (Å²) in [5.41, 5.74) is 1.06. The molecule has 0 bridgehead atoms. The lowest BCUT2D eigenvalue weighted by Gasteiger charge is -2.33. The van der Waals surface area contributed by atoms with E-state index in [9.17, 15) is 19.2 Å². The average molecular weight is 581 g/mol. The zero-order chi connectivity index (χ0) is 29.2. The summed E-state index contributed by atoms with van der Waals surface area (Å²) in [4.78, 5) is 50.7. The number of hydrogen-bond donors (Lipinski definition) is 0. The quantitative estimate of drug-likeness (QED) is 0.243. The van der Waals surface area contributed by atoms with Crippen LogP contribution < -0.4 is 22.0 Å². The third-order valence-corrected chi connectivity index (χ3v) is 8.03. The van der Waals surface area contributed by atoms with Gasteiger partial charge in [0.1, 0.15) is 11.4 Å². The van der Waals surface area contributed by atoms with Gasteiger partial charge in [-0.1, -0.05) is 23.9 Å². The van der Waals surface area contributed by atoms with Crippen molar-refractivity contribution in [3.63, 3.8) is 0 Å². The molecule has 0 N–H and O–H groups in total. The summed E-state index contributed by atoms with van der Waals surface area (Å²) in [5, 5.41) is 0.301. The minimum absolute atomic E-state index is 0.0291. The number of halogens is 1. The number of esters is 1. The smallest absolute Gasteiger partial charge is 0.454 e. The predicted octanol–water partition coefficient (Wildman–Crippen LogP) is 5.27.